The number of nitrogens with two attached hydrogens (primary N) is 1. The number of piperazine rings is 1. The third-order valence-corrected chi connectivity index (χ3v) is 11.2. The first-order valence-electron chi connectivity index (χ1n) is 20.3. The van der Waals surface area contributed by atoms with Crippen LogP contribution in [0.2, 0.25) is 0 Å². The number of carbonyl (C=O) groups is 4. The van der Waals surface area contributed by atoms with E-state index in [0.29, 0.717) is 39.8 Å². The monoisotopic (exact) mass is 808 g/mol. The molecule has 0 spiro atoms. The minimum absolute atomic E-state index is 0.0981. The quantitative estimate of drug-likeness (QED) is 0.106. The van der Waals surface area contributed by atoms with Crippen LogP contribution in [0.3, 0.4) is 0 Å². The van der Waals surface area contributed by atoms with E-state index in [4.69, 9.17) is 10.7 Å². The van der Waals surface area contributed by atoms with Crippen LogP contribution >= 0.6 is 0 Å². The van der Waals surface area contributed by atoms with Gasteiger partial charge in [-0.2, -0.15) is 0 Å². The van der Waals surface area contributed by atoms with Gasteiger partial charge in [0, 0.05) is 81.9 Å². The number of aromatic nitrogens is 8. The van der Waals surface area contributed by atoms with E-state index < -0.39 is 23.8 Å². The maximum Gasteiger partial charge on any atom is 0.262 e. The van der Waals surface area contributed by atoms with Crippen LogP contribution in [0.4, 0.5) is 23.0 Å². The van der Waals surface area contributed by atoms with Crippen molar-refractivity contribution in [3.63, 3.8) is 0 Å². The molecule has 0 radical (unpaired) electrons. The Morgan fingerprint density at radius 3 is 2.48 bits per heavy atom. The van der Waals surface area contributed by atoms with Crippen LogP contribution in [0.25, 0.3) is 17.0 Å². The molecular weight excluding hydrogens is 765 g/mol. The number of anilines is 4. The summed E-state index contributed by atoms with van der Waals surface area (Å²) in [5.74, 6) is -1.02. The highest BCUT2D eigenvalue weighted by atomic mass is 16.2. The highest BCUT2D eigenvalue weighted by molar-refractivity contribution is 6.23. The number of fused-ring (bicyclic) bond motifs is 2. The van der Waals surface area contributed by atoms with E-state index in [-0.39, 0.29) is 18.7 Å². The van der Waals surface area contributed by atoms with E-state index in [0.717, 1.165) is 98.9 Å². The molecule has 7 heterocycles. The molecule has 306 valence electrons. The number of imidazole rings is 1. The van der Waals surface area contributed by atoms with Gasteiger partial charge < -0.3 is 20.4 Å². The summed E-state index contributed by atoms with van der Waals surface area (Å²) in [7, 11) is 0. The number of imide groups is 2. The lowest BCUT2D eigenvalue weighted by atomic mass is 10.0. The third kappa shape index (κ3) is 8.13. The molecule has 2 aromatic carbocycles. The van der Waals surface area contributed by atoms with Crippen molar-refractivity contribution in [2.45, 2.75) is 64.1 Å². The molecular formula is C42H44N14O4. The molecule has 4 aromatic heterocycles. The Morgan fingerprint density at radius 1 is 0.850 bits per heavy atom. The normalized spacial score (nSPS) is 17.1. The molecule has 0 bridgehead atoms. The van der Waals surface area contributed by atoms with E-state index >= 15 is 0 Å². The van der Waals surface area contributed by atoms with Crippen LogP contribution in [0.15, 0.2) is 79.6 Å². The summed E-state index contributed by atoms with van der Waals surface area (Å²) in [6.45, 7) is 5.19. The third-order valence-electron chi connectivity index (χ3n) is 11.2. The van der Waals surface area contributed by atoms with Gasteiger partial charge in [0.05, 0.1) is 29.2 Å². The van der Waals surface area contributed by atoms with Gasteiger partial charge in [0.1, 0.15) is 23.2 Å². The van der Waals surface area contributed by atoms with Crippen molar-refractivity contribution in [2.24, 2.45) is 0 Å². The lowest BCUT2D eigenvalue weighted by molar-refractivity contribution is -0.136. The maximum absolute atomic E-state index is 13.1. The number of amides is 4. The molecule has 0 aliphatic carbocycles. The van der Waals surface area contributed by atoms with Crippen LogP contribution in [-0.2, 0) is 29.1 Å². The maximum atomic E-state index is 13.1. The molecule has 4 N–H and O–H groups in total. The Morgan fingerprint density at radius 2 is 1.67 bits per heavy atom. The summed E-state index contributed by atoms with van der Waals surface area (Å²) in [6.07, 6.45) is 15.6. The molecule has 4 amide bonds. The number of nitrogens with zero attached hydrogens (tertiary/aromatic N) is 11. The van der Waals surface area contributed by atoms with Gasteiger partial charge in [-0.3, -0.25) is 44.0 Å². The first kappa shape index (κ1) is 38.4. The zero-order valence-corrected chi connectivity index (χ0v) is 32.9. The average molecular weight is 809 g/mol. The second-order valence-electron chi connectivity index (χ2n) is 15.4. The van der Waals surface area contributed by atoms with E-state index in [1.54, 1.807) is 24.5 Å². The number of rotatable bonds is 14. The fourth-order valence-electron chi connectivity index (χ4n) is 8.08. The Labute approximate surface area is 344 Å². The molecule has 60 heavy (non-hydrogen) atoms. The van der Waals surface area contributed by atoms with Crippen LogP contribution in [0, 0.1) is 0 Å². The van der Waals surface area contributed by atoms with Gasteiger partial charge in [-0.25, -0.2) is 15.0 Å². The Hall–Kier alpha value is -7.08. The predicted molar refractivity (Wildman–Crippen MR) is 221 cm³/mol. The van der Waals surface area contributed by atoms with Crippen molar-refractivity contribution >= 4 is 52.3 Å². The Balaban J connectivity index is 0.695. The second kappa shape index (κ2) is 16.6. The summed E-state index contributed by atoms with van der Waals surface area (Å²) in [5, 5.41) is 14.5. The molecule has 1 unspecified atom stereocenters. The van der Waals surface area contributed by atoms with Crippen LogP contribution in [0.5, 0.6) is 0 Å². The minimum atomic E-state index is -0.958. The number of piperidine rings is 1. The lowest BCUT2D eigenvalue weighted by Gasteiger charge is -2.35. The SMILES string of the molecule is Nc1cncc(-c2cn3ccnc3c(Nc3ccc(N4CCN(Cc5cn(CCCCCCc6ccc7c(c6)C(=O)N(C6CCC(=O)NC6=O)C7=O)nn5)CC4)cc3)n2)n1. The van der Waals surface area contributed by atoms with E-state index in [9.17, 15) is 19.2 Å². The highest BCUT2D eigenvalue weighted by Crippen LogP contribution is 2.30. The van der Waals surface area contributed by atoms with Gasteiger partial charge in [-0.15, -0.1) is 5.10 Å². The fourth-order valence-corrected chi connectivity index (χ4v) is 8.08. The molecule has 2 saturated heterocycles. The van der Waals surface area contributed by atoms with Crippen molar-refractivity contribution < 1.29 is 19.2 Å². The number of benzene rings is 2. The molecule has 1 atom stereocenters. The average Bonchev–Trinajstić information content (AvgIpc) is 3.98. The van der Waals surface area contributed by atoms with Crippen LogP contribution < -0.4 is 21.3 Å². The number of carbonyl (C=O) groups excluding carboxylic acids is 4. The summed E-state index contributed by atoms with van der Waals surface area (Å²) in [4.78, 5) is 73.6. The van der Waals surface area contributed by atoms with Gasteiger partial charge in [-0.1, -0.05) is 24.1 Å². The van der Waals surface area contributed by atoms with Gasteiger partial charge in [0.2, 0.25) is 11.8 Å². The van der Waals surface area contributed by atoms with Crippen molar-refractivity contribution in [1.82, 2.24) is 54.4 Å². The summed E-state index contributed by atoms with van der Waals surface area (Å²) < 4.78 is 3.82. The second-order valence-corrected chi connectivity index (χ2v) is 15.4. The van der Waals surface area contributed by atoms with E-state index in [2.05, 4.69) is 70.0 Å². The minimum Gasteiger partial charge on any atom is -0.382 e. The van der Waals surface area contributed by atoms with Crippen molar-refractivity contribution in [3.05, 3.63) is 102 Å². The lowest BCUT2D eigenvalue weighted by Crippen LogP contribution is -2.54. The molecule has 0 saturated carbocycles. The smallest absolute Gasteiger partial charge is 0.262 e. The van der Waals surface area contributed by atoms with Gasteiger partial charge in [0.25, 0.3) is 11.8 Å². The van der Waals surface area contributed by atoms with Gasteiger partial charge in [-0.05, 0) is 67.6 Å². The Bertz CT molecular complexity index is 2580. The van der Waals surface area contributed by atoms with Gasteiger partial charge in [0.15, 0.2) is 11.5 Å². The van der Waals surface area contributed by atoms with E-state index in [1.807, 2.05) is 33.7 Å². The molecule has 18 nitrogen and oxygen atoms in total. The van der Waals surface area contributed by atoms with Crippen LogP contribution in [0.1, 0.15) is 70.5 Å². The molecule has 3 aliphatic rings. The van der Waals surface area contributed by atoms with Crippen molar-refractivity contribution in [2.75, 3.05) is 42.1 Å². The number of nitrogens with one attached hydrogen (secondary N) is 2. The summed E-state index contributed by atoms with van der Waals surface area (Å²) in [5.41, 5.74) is 12.4. The zero-order valence-electron chi connectivity index (χ0n) is 32.9. The fraction of sp³-hybridized carbons (Fsp3) is 0.333. The first-order valence-corrected chi connectivity index (χ1v) is 20.3. The van der Waals surface area contributed by atoms with Crippen LogP contribution in [-0.4, -0.2) is 105 Å². The Kier molecular flexibility index (Phi) is 10.7. The number of hydrogen-bond acceptors (Lipinski definition) is 14. The number of unbranched alkanes of at least 4 members (excludes halogenated alkanes) is 3. The number of aryl methyl sites for hydroxylation is 2. The zero-order chi connectivity index (χ0) is 41.2. The number of nitrogen functional groups attached to an aromatic ring is 1. The summed E-state index contributed by atoms with van der Waals surface area (Å²) >= 11 is 0. The highest BCUT2D eigenvalue weighted by Gasteiger charge is 2.44. The topological polar surface area (TPSA) is 215 Å². The first-order chi connectivity index (χ1) is 29.3. The van der Waals surface area contributed by atoms with Crippen molar-refractivity contribution in [3.8, 4) is 11.4 Å². The van der Waals surface area contributed by atoms with E-state index in [1.165, 1.54) is 6.20 Å². The predicted octanol–water partition coefficient (Wildman–Crippen LogP) is 3.63. The molecule has 18 heteroatoms. The number of hydrogen-bond donors (Lipinski definition) is 3. The molecule has 9 rings (SSSR count). The molecule has 3 aliphatic heterocycles. The van der Waals surface area contributed by atoms with Gasteiger partial charge >= 0.3 is 0 Å². The molecule has 2 fully saturated rings. The largest absolute Gasteiger partial charge is 0.382 e. The standard InChI is InChI=1S/C42H44N14O4/c43-36-23-44-22-33(47-36)34-26-54-16-14-45-39(54)38(48-34)46-28-7-9-30(10-8-28)53-19-17-52(18-20-53)24-29-25-55(51-50-29)15-4-2-1-3-5-27-6-11-31-32(21-27)42(60)56(41(31)59)35-12-13-37(57)49-40(35)58/h6-11,14,16,21-23,25-26,35H,1-5,12-13,15,17-20,24H2,(H2,43,47)(H,46,48)(H,49,57,58). The van der Waals surface area contributed by atoms with Crippen molar-refractivity contribution in [1.29, 1.82) is 0 Å². The molecule has 6 aromatic rings. The summed E-state index contributed by atoms with van der Waals surface area (Å²) in [6, 6.07) is 12.7.